The molecule has 124 valence electrons. The van der Waals surface area contributed by atoms with Gasteiger partial charge in [0.1, 0.15) is 11.0 Å². The van der Waals surface area contributed by atoms with Gasteiger partial charge in [0.2, 0.25) is 5.88 Å². The van der Waals surface area contributed by atoms with Gasteiger partial charge in [0.05, 0.1) is 5.56 Å². The van der Waals surface area contributed by atoms with Gasteiger partial charge in [0, 0.05) is 11.8 Å². The fourth-order valence-corrected chi connectivity index (χ4v) is 1.99. The Morgan fingerprint density at radius 3 is 2.67 bits per heavy atom. The first kappa shape index (κ1) is 15.7. The van der Waals surface area contributed by atoms with Crippen molar-refractivity contribution in [2.75, 3.05) is 6.61 Å². The summed E-state index contributed by atoms with van der Waals surface area (Å²) in [6.07, 6.45) is -3.63. The van der Waals surface area contributed by atoms with Crippen LogP contribution in [0, 0.1) is 0 Å². The first-order valence-corrected chi connectivity index (χ1v) is 6.49. The van der Waals surface area contributed by atoms with Crippen molar-refractivity contribution in [2.45, 2.75) is 6.18 Å². The maximum absolute atomic E-state index is 12.4. The number of aromatic carboxylic acids is 1. The van der Waals surface area contributed by atoms with Crippen molar-refractivity contribution in [2.24, 2.45) is 0 Å². The van der Waals surface area contributed by atoms with Gasteiger partial charge in [-0.3, -0.25) is 0 Å². The number of hydrogen-bond acceptors (Lipinski definition) is 6. The number of aromatic nitrogens is 3. The first-order valence-electron chi connectivity index (χ1n) is 6.49. The molecule has 0 spiro atoms. The highest BCUT2D eigenvalue weighted by molar-refractivity contribution is 5.90. The maximum Gasteiger partial charge on any atom is 0.422 e. The Morgan fingerprint density at radius 2 is 1.96 bits per heavy atom. The van der Waals surface area contributed by atoms with Crippen LogP contribution in [-0.2, 0) is 0 Å². The lowest BCUT2D eigenvalue weighted by atomic mass is 10.0. The number of halogens is 3. The van der Waals surface area contributed by atoms with E-state index >= 15 is 0 Å². The number of carboxylic acid groups (broad SMARTS) is 1. The zero-order valence-corrected chi connectivity index (χ0v) is 11.7. The monoisotopic (exact) mass is 339 g/mol. The van der Waals surface area contributed by atoms with Gasteiger partial charge < -0.3 is 9.84 Å². The molecule has 1 N–H and O–H groups in total. The largest absolute Gasteiger partial charge is 0.478 e. The van der Waals surface area contributed by atoms with E-state index < -0.39 is 18.8 Å². The van der Waals surface area contributed by atoms with Gasteiger partial charge in [-0.25, -0.2) is 14.4 Å². The molecule has 3 aromatic rings. The molecule has 2 aromatic heterocycles. The molecule has 10 heteroatoms. The van der Waals surface area contributed by atoms with Crippen LogP contribution in [0.1, 0.15) is 10.4 Å². The molecule has 3 rings (SSSR count). The van der Waals surface area contributed by atoms with E-state index in [-0.39, 0.29) is 17.0 Å². The van der Waals surface area contributed by atoms with Crippen molar-refractivity contribution in [1.82, 2.24) is 15.3 Å². The van der Waals surface area contributed by atoms with Gasteiger partial charge in [-0.05, 0) is 34.1 Å². The molecule has 1 aromatic carbocycles. The molecule has 24 heavy (non-hydrogen) atoms. The van der Waals surface area contributed by atoms with E-state index in [2.05, 4.69) is 19.9 Å². The predicted molar refractivity (Wildman–Crippen MR) is 73.5 cm³/mol. The summed E-state index contributed by atoms with van der Waals surface area (Å²) in [6.45, 7) is -1.55. The number of rotatable bonds is 4. The van der Waals surface area contributed by atoms with E-state index in [0.29, 0.717) is 16.6 Å². The number of fused-ring (bicyclic) bond motifs is 1. The second-order valence-electron chi connectivity index (χ2n) is 4.75. The smallest absolute Gasteiger partial charge is 0.422 e. The van der Waals surface area contributed by atoms with Crippen LogP contribution in [0.15, 0.2) is 35.1 Å². The lowest BCUT2D eigenvalue weighted by molar-refractivity contribution is -0.154. The molecule has 0 amide bonds. The molecule has 2 heterocycles. The SMILES string of the molecule is O=C(O)c1cnc(OCC(F)(F)F)c(-c2ccc3nonc3c2)c1. The highest BCUT2D eigenvalue weighted by Gasteiger charge is 2.29. The van der Waals surface area contributed by atoms with E-state index in [4.69, 9.17) is 9.84 Å². The Kier molecular flexibility index (Phi) is 3.80. The number of alkyl halides is 3. The molecule has 0 saturated carbocycles. The summed E-state index contributed by atoms with van der Waals surface area (Å²) in [7, 11) is 0. The maximum atomic E-state index is 12.4. The Balaban J connectivity index is 2.07. The van der Waals surface area contributed by atoms with Gasteiger partial charge in [-0.2, -0.15) is 13.2 Å². The number of nitrogens with zero attached hydrogens (tertiary/aromatic N) is 3. The summed E-state index contributed by atoms with van der Waals surface area (Å²) < 4.78 is 46.4. The highest BCUT2D eigenvalue weighted by atomic mass is 19.4. The van der Waals surface area contributed by atoms with Crippen LogP contribution in [0.2, 0.25) is 0 Å². The van der Waals surface area contributed by atoms with Gasteiger partial charge in [-0.15, -0.1) is 0 Å². The van der Waals surface area contributed by atoms with E-state index in [1.807, 2.05) is 0 Å². The Bertz CT molecular complexity index is 908. The number of hydrogen-bond donors (Lipinski definition) is 1. The van der Waals surface area contributed by atoms with E-state index in [0.717, 1.165) is 6.20 Å². The van der Waals surface area contributed by atoms with Crippen LogP contribution >= 0.6 is 0 Å². The number of benzene rings is 1. The molecule has 0 radical (unpaired) electrons. The van der Waals surface area contributed by atoms with Crippen LogP contribution in [0.4, 0.5) is 13.2 Å². The van der Waals surface area contributed by atoms with E-state index in [9.17, 15) is 18.0 Å². The molecule has 0 aliphatic heterocycles. The molecule has 0 aliphatic rings. The third kappa shape index (κ3) is 3.26. The zero-order chi connectivity index (χ0) is 17.3. The van der Waals surface area contributed by atoms with Crippen molar-refractivity contribution < 1.29 is 32.4 Å². The van der Waals surface area contributed by atoms with Gasteiger partial charge >= 0.3 is 12.1 Å². The van der Waals surface area contributed by atoms with Crippen molar-refractivity contribution in [3.8, 4) is 17.0 Å². The molecule has 7 nitrogen and oxygen atoms in total. The summed E-state index contributed by atoms with van der Waals surface area (Å²) in [4.78, 5) is 14.8. The fourth-order valence-electron chi connectivity index (χ4n) is 1.99. The molecular formula is C14H8F3N3O4. The van der Waals surface area contributed by atoms with Crippen LogP contribution in [0.5, 0.6) is 5.88 Å². The fraction of sp³-hybridized carbons (Fsp3) is 0.143. The lowest BCUT2D eigenvalue weighted by Crippen LogP contribution is -2.20. The molecule has 0 aliphatic carbocycles. The lowest BCUT2D eigenvalue weighted by Gasteiger charge is -2.12. The average Bonchev–Trinajstić information content (AvgIpc) is 2.99. The molecule has 0 saturated heterocycles. The average molecular weight is 339 g/mol. The number of pyridine rings is 1. The molecule has 0 atom stereocenters. The van der Waals surface area contributed by atoms with Gasteiger partial charge in [-0.1, -0.05) is 6.07 Å². The van der Waals surface area contributed by atoms with E-state index in [1.54, 1.807) is 0 Å². The molecule has 0 fully saturated rings. The summed E-state index contributed by atoms with van der Waals surface area (Å²) in [5.74, 6) is -1.61. The van der Waals surface area contributed by atoms with Crippen LogP contribution in [0.25, 0.3) is 22.2 Å². The highest BCUT2D eigenvalue weighted by Crippen LogP contribution is 2.31. The Labute approximate surface area is 131 Å². The Hall–Kier alpha value is -3.17. The standard InChI is InChI=1S/C14H8F3N3O4/c15-14(16,17)6-23-12-9(3-8(5-18-12)13(21)22)7-1-2-10-11(4-7)20-24-19-10/h1-5H,6H2,(H,21,22). The zero-order valence-electron chi connectivity index (χ0n) is 11.7. The number of ether oxygens (including phenoxy) is 1. The van der Waals surface area contributed by atoms with Crippen molar-refractivity contribution in [3.63, 3.8) is 0 Å². The quantitative estimate of drug-likeness (QED) is 0.780. The van der Waals surface area contributed by atoms with Crippen molar-refractivity contribution >= 4 is 17.0 Å². The summed E-state index contributed by atoms with van der Waals surface area (Å²) in [5.41, 5.74) is 1.06. The van der Waals surface area contributed by atoms with Crippen LogP contribution in [-0.4, -0.2) is 39.2 Å². The van der Waals surface area contributed by atoms with Gasteiger partial charge in [0.15, 0.2) is 6.61 Å². The minimum Gasteiger partial charge on any atom is -0.478 e. The second-order valence-corrected chi connectivity index (χ2v) is 4.75. The molecule has 0 unspecified atom stereocenters. The van der Waals surface area contributed by atoms with Gasteiger partial charge in [0.25, 0.3) is 0 Å². The van der Waals surface area contributed by atoms with Crippen LogP contribution in [0.3, 0.4) is 0 Å². The summed E-state index contributed by atoms with van der Waals surface area (Å²) >= 11 is 0. The molecular weight excluding hydrogens is 331 g/mol. The van der Waals surface area contributed by atoms with Crippen molar-refractivity contribution in [3.05, 3.63) is 36.0 Å². The summed E-state index contributed by atoms with van der Waals surface area (Å²) in [6, 6.07) is 5.71. The number of carbonyl (C=O) groups is 1. The predicted octanol–water partition coefficient (Wildman–Crippen LogP) is 2.92. The second kappa shape index (κ2) is 5.80. The summed E-state index contributed by atoms with van der Waals surface area (Å²) in [5, 5.41) is 16.3. The van der Waals surface area contributed by atoms with E-state index in [1.165, 1.54) is 24.3 Å². The first-order chi connectivity index (χ1) is 11.3. The van der Waals surface area contributed by atoms with Crippen molar-refractivity contribution in [1.29, 1.82) is 0 Å². The third-order valence-electron chi connectivity index (χ3n) is 3.04. The third-order valence-corrected chi connectivity index (χ3v) is 3.04. The topological polar surface area (TPSA) is 98.3 Å². The minimum absolute atomic E-state index is 0.0871. The Morgan fingerprint density at radius 1 is 1.21 bits per heavy atom. The normalized spacial score (nSPS) is 11.6. The van der Waals surface area contributed by atoms with Crippen LogP contribution < -0.4 is 4.74 Å². The minimum atomic E-state index is -4.55. The number of carboxylic acids is 1. The molecule has 0 bridgehead atoms.